The summed E-state index contributed by atoms with van der Waals surface area (Å²) in [5, 5.41) is 0. The number of unbranched alkanes of at least 4 members (excludes halogenated alkanes) is 21. The van der Waals surface area contributed by atoms with Crippen LogP contribution in [0.15, 0.2) is 18.2 Å². The molecule has 0 bridgehead atoms. The molecule has 0 aliphatic heterocycles. The predicted octanol–water partition coefficient (Wildman–Crippen LogP) is 12.7. The van der Waals surface area contributed by atoms with Crippen LogP contribution in [0.25, 0.3) is 0 Å². The SMILES string of the molecule is CCCCCCCCCCc1cc(CCCCCCCCCC)cc(CCCCCCCCCC)c1. The Morgan fingerprint density at radius 3 is 0.694 bits per heavy atom. The van der Waals surface area contributed by atoms with Gasteiger partial charge in [0.2, 0.25) is 0 Å². The molecule has 0 N–H and O–H groups in total. The van der Waals surface area contributed by atoms with Crippen LogP contribution >= 0.6 is 0 Å². The molecule has 0 fully saturated rings. The second kappa shape index (κ2) is 25.9. The fraction of sp³-hybridized carbons (Fsp3) is 0.833. The van der Waals surface area contributed by atoms with E-state index < -0.39 is 0 Å². The molecule has 1 aromatic carbocycles. The molecular formula is C36H66. The molecule has 0 unspecified atom stereocenters. The van der Waals surface area contributed by atoms with Gasteiger partial charge in [0, 0.05) is 0 Å². The minimum atomic E-state index is 1.30. The molecule has 0 spiro atoms. The van der Waals surface area contributed by atoms with Gasteiger partial charge in [-0.2, -0.15) is 0 Å². The Morgan fingerprint density at radius 2 is 0.472 bits per heavy atom. The van der Waals surface area contributed by atoms with Gasteiger partial charge >= 0.3 is 0 Å². The van der Waals surface area contributed by atoms with E-state index in [-0.39, 0.29) is 0 Å². The van der Waals surface area contributed by atoms with Gasteiger partial charge in [0.1, 0.15) is 0 Å². The molecule has 0 aliphatic carbocycles. The zero-order chi connectivity index (χ0) is 25.9. The fourth-order valence-electron chi connectivity index (χ4n) is 5.66. The van der Waals surface area contributed by atoms with Crippen molar-refractivity contribution in [3.8, 4) is 0 Å². The first-order valence-corrected chi connectivity index (χ1v) is 16.9. The standard InChI is InChI=1S/C36H66/c1-4-7-10-13-16-19-22-25-28-34-31-35(29-26-23-20-17-14-11-8-5-2)33-36(32-34)30-27-24-21-18-15-12-9-6-3/h31-33H,4-30H2,1-3H3. The van der Waals surface area contributed by atoms with Crippen molar-refractivity contribution in [2.45, 2.75) is 194 Å². The molecule has 0 atom stereocenters. The highest BCUT2D eigenvalue weighted by Crippen LogP contribution is 2.20. The smallest absolute Gasteiger partial charge is 0.0279 e. The fourth-order valence-corrected chi connectivity index (χ4v) is 5.66. The first-order valence-electron chi connectivity index (χ1n) is 16.9. The zero-order valence-electron chi connectivity index (χ0n) is 25.3. The Morgan fingerprint density at radius 1 is 0.278 bits per heavy atom. The van der Waals surface area contributed by atoms with Crippen molar-refractivity contribution in [3.63, 3.8) is 0 Å². The number of benzene rings is 1. The molecule has 0 amide bonds. The zero-order valence-corrected chi connectivity index (χ0v) is 25.3. The molecular weight excluding hydrogens is 432 g/mol. The Hall–Kier alpha value is -0.780. The maximum atomic E-state index is 2.57. The first-order chi connectivity index (χ1) is 17.8. The molecule has 210 valence electrons. The Labute approximate surface area is 228 Å². The van der Waals surface area contributed by atoms with Crippen molar-refractivity contribution in [2.24, 2.45) is 0 Å². The topological polar surface area (TPSA) is 0 Å². The second-order valence-electron chi connectivity index (χ2n) is 11.8. The summed E-state index contributed by atoms with van der Waals surface area (Å²) >= 11 is 0. The van der Waals surface area contributed by atoms with Crippen LogP contribution in [-0.2, 0) is 19.3 Å². The molecule has 0 saturated heterocycles. The highest BCUT2D eigenvalue weighted by molar-refractivity contribution is 5.30. The van der Waals surface area contributed by atoms with Crippen molar-refractivity contribution in [1.82, 2.24) is 0 Å². The van der Waals surface area contributed by atoms with Crippen LogP contribution < -0.4 is 0 Å². The van der Waals surface area contributed by atoms with Crippen molar-refractivity contribution < 1.29 is 0 Å². The maximum absolute atomic E-state index is 2.57. The Kier molecular flexibility index (Phi) is 23.9. The summed E-state index contributed by atoms with van der Waals surface area (Å²) in [6.45, 7) is 6.93. The minimum absolute atomic E-state index is 1.30. The van der Waals surface area contributed by atoms with Gasteiger partial charge in [-0.25, -0.2) is 0 Å². The van der Waals surface area contributed by atoms with Gasteiger partial charge in [-0.3, -0.25) is 0 Å². The van der Waals surface area contributed by atoms with E-state index in [9.17, 15) is 0 Å². The van der Waals surface area contributed by atoms with Crippen molar-refractivity contribution >= 4 is 0 Å². The lowest BCUT2D eigenvalue weighted by Gasteiger charge is -2.11. The molecule has 0 radical (unpaired) electrons. The molecule has 0 aromatic heterocycles. The number of aryl methyl sites for hydroxylation is 3. The summed E-state index contributed by atoms with van der Waals surface area (Å²) in [5.74, 6) is 0. The monoisotopic (exact) mass is 499 g/mol. The average Bonchev–Trinajstić information content (AvgIpc) is 2.89. The van der Waals surface area contributed by atoms with E-state index in [0.29, 0.717) is 0 Å². The van der Waals surface area contributed by atoms with Crippen LogP contribution in [0.3, 0.4) is 0 Å². The predicted molar refractivity (Wildman–Crippen MR) is 165 cm³/mol. The second-order valence-corrected chi connectivity index (χ2v) is 11.8. The summed E-state index contributed by atoms with van der Waals surface area (Å²) in [6, 6.07) is 7.71. The molecule has 0 saturated carbocycles. The van der Waals surface area contributed by atoms with E-state index >= 15 is 0 Å². The highest BCUT2D eigenvalue weighted by Gasteiger charge is 2.04. The van der Waals surface area contributed by atoms with Gasteiger partial charge in [-0.05, 0) is 55.2 Å². The van der Waals surface area contributed by atoms with Crippen molar-refractivity contribution in [3.05, 3.63) is 34.9 Å². The molecule has 1 aromatic rings. The summed E-state index contributed by atoms with van der Waals surface area (Å²) in [4.78, 5) is 0. The molecule has 0 heteroatoms. The Balaban J connectivity index is 2.40. The van der Waals surface area contributed by atoms with E-state index in [2.05, 4.69) is 39.0 Å². The van der Waals surface area contributed by atoms with Crippen LogP contribution in [0.4, 0.5) is 0 Å². The van der Waals surface area contributed by atoms with Crippen LogP contribution in [0.2, 0.25) is 0 Å². The summed E-state index contributed by atoms with van der Waals surface area (Å²) in [7, 11) is 0. The lowest BCUT2D eigenvalue weighted by atomic mass is 9.95. The van der Waals surface area contributed by atoms with Gasteiger partial charge < -0.3 is 0 Å². The largest absolute Gasteiger partial charge is 0.0654 e. The highest BCUT2D eigenvalue weighted by atomic mass is 14.1. The lowest BCUT2D eigenvalue weighted by Crippen LogP contribution is -1.96. The Bertz CT molecular complexity index is 478. The molecule has 0 aliphatic rings. The quantitative estimate of drug-likeness (QED) is 0.106. The van der Waals surface area contributed by atoms with Crippen LogP contribution in [-0.4, -0.2) is 0 Å². The van der Waals surface area contributed by atoms with E-state index in [0.717, 1.165) is 0 Å². The van der Waals surface area contributed by atoms with Gasteiger partial charge in [0.05, 0.1) is 0 Å². The van der Waals surface area contributed by atoms with Crippen LogP contribution in [0.1, 0.15) is 192 Å². The van der Waals surface area contributed by atoms with E-state index in [1.54, 1.807) is 16.7 Å². The van der Waals surface area contributed by atoms with Gasteiger partial charge in [-0.15, -0.1) is 0 Å². The van der Waals surface area contributed by atoms with E-state index in [4.69, 9.17) is 0 Å². The summed E-state index contributed by atoms with van der Waals surface area (Å²) in [6.07, 6.45) is 38.0. The number of rotatable bonds is 27. The van der Waals surface area contributed by atoms with E-state index in [1.807, 2.05) is 0 Å². The summed E-state index contributed by atoms with van der Waals surface area (Å²) in [5.41, 5.74) is 4.90. The van der Waals surface area contributed by atoms with Crippen LogP contribution in [0.5, 0.6) is 0 Å². The normalized spacial score (nSPS) is 11.4. The van der Waals surface area contributed by atoms with E-state index in [1.165, 1.54) is 173 Å². The number of hydrogen-bond donors (Lipinski definition) is 0. The molecule has 0 nitrogen and oxygen atoms in total. The summed E-state index contributed by atoms with van der Waals surface area (Å²) < 4.78 is 0. The average molecular weight is 499 g/mol. The first kappa shape index (κ1) is 33.2. The van der Waals surface area contributed by atoms with Gasteiger partial charge in [0.15, 0.2) is 0 Å². The third-order valence-electron chi connectivity index (χ3n) is 8.07. The third-order valence-corrected chi connectivity index (χ3v) is 8.07. The van der Waals surface area contributed by atoms with Gasteiger partial charge in [0.25, 0.3) is 0 Å². The number of hydrogen-bond acceptors (Lipinski definition) is 0. The molecule has 0 heterocycles. The van der Waals surface area contributed by atoms with Gasteiger partial charge in [-0.1, -0.05) is 174 Å². The third kappa shape index (κ3) is 20.3. The minimum Gasteiger partial charge on any atom is -0.0654 e. The van der Waals surface area contributed by atoms with Crippen LogP contribution in [0, 0.1) is 0 Å². The van der Waals surface area contributed by atoms with Crippen molar-refractivity contribution in [2.75, 3.05) is 0 Å². The molecule has 1 rings (SSSR count). The van der Waals surface area contributed by atoms with Crippen molar-refractivity contribution in [1.29, 1.82) is 0 Å². The molecule has 36 heavy (non-hydrogen) atoms. The lowest BCUT2D eigenvalue weighted by molar-refractivity contribution is 0.572. The maximum Gasteiger partial charge on any atom is -0.0279 e.